The number of imidazole rings is 1. The van der Waals surface area contributed by atoms with Gasteiger partial charge in [-0.05, 0) is 6.92 Å². The summed E-state index contributed by atoms with van der Waals surface area (Å²) in [4.78, 5) is 7.37. The van der Waals surface area contributed by atoms with Gasteiger partial charge >= 0.3 is 0 Å². The van der Waals surface area contributed by atoms with Crippen LogP contribution in [-0.4, -0.2) is 14.4 Å². The molecule has 0 saturated carbocycles. The summed E-state index contributed by atoms with van der Waals surface area (Å²) in [7, 11) is 0. The van der Waals surface area contributed by atoms with Gasteiger partial charge < -0.3 is 5.73 Å². The molecule has 0 atom stereocenters. The number of nitrogens with zero attached hydrogens (tertiary/aromatic N) is 3. The number of nitrogens with two attached hydrogens (primary N) is 1. The molecule has 0 bridgehead atoms. The minimum absolute atomic E-state index is 0.150. The molecule has 5 heteroatoms. The molecule has 0 fully saturated rings. The fourth-order valence-electron chi connectivity index (χ4n) is 1.10. The van der Waals surface area contributed by atoms with E-state index in [2.05, 4.69) is 9.97 Å². The summed E-state index contributed by atoms with van der Waals surface area (Å²) < 4.78 is 14.5. The maximum absolute atomic E-state index is 13.0. The second-order valence-corrected chi connectivity index (χ2v) is 2.57. The van der Waals surface area contributed by atoms with Gasteiger partial charge in [-0.3, -0.25) is 4.40 Å². The molecule has 12 heavy (non-hydrogen) atoms. The number of anilines is 1. The minimum Gasteiger partial charge on any atom is -0.382 e. The first kappa shape index (κ1) is 7.02. The standard InChI is InChI=1S/C7H7FN4/c1-4-2-12-3-5(9)11-6(8)7(12)10-4/h2-3H,9H2,1H3. The molecule has 2 N–H and O–H groups in total. The summed E-state index contributed by atoms with van der Waals surface area (Å²) >= 11 is 0. The third kappa shape index (κ3) is 0.903. The van der Waals surface area contributed by atoms with Crippen LogP contribution in [0.3, 0.4) is 0 Å². The summed E-state index contributed by atoms with van der Waals surface area (Å²) in [6.45, 7) is 1.78. The lowest BCUT2D eigenvalue weighted by Crippen LogP contribution is -1.98. The van der Waals surface area contributed by atoms with E-state index in [9.17, 15) is 4.39 Å². The number of nitrogen functional groups attached to an aromatic ring is 1. The van der Waals surface area contributed by atoms with Crippen molar-refractivity contribution in [3.8, 4) is 0 Å². The Balaban J connectivity index is 2.88. The van der Waals surface area contributed by atoms with E-state index in [1.165, 1.54) is 10.6 Å². The van der Waals surface area contributed by atoms with Gasteiger partial charge in [0.2, 0.25) is 0 Å². The fourth-order valence-corrected chi connectivity index (χ4v) is 1.10. The number of aromatic nitrogens is 3. The van der Waals surface area contributed by atoms with Crippen molar-refractivity contribution >= 4 is 11.5 Å². The predicted octanol–water partition coefficient (Wildman–Crippen LogP) is 0.759. The average molecular weight is 166 g/mol. The van der Waals surface area contributed by atoms with Crippen molar-refractivity contribution in [3.05, 3.63) is 24.0 Å². The molecule has 62 valence electrons. The van der Waals surface area contributed by atoms with Crippen LogP contribution in [0, 0.1) is 12.9 Å². The van der Waals surface area contributed by atoms with Gasteiger partial charge in [0.25, 0.3) is 5.95 Å². The van der Waals surface area contributed by atoms with Crippen molar-refractivity contribution in [2.24, 2.45) is 0 Å². The van der Waals surface area contributed by atoms with E-state index in [0.29, 0.717) is 0 Å². The maximum atomic E-state index is 13.0. The quantitative estimate of drug-likeness (QED) is 0.628. The van der Waals surface area contributed by atoms with E-state index in [0.717, 1.165) is 5.69 Å². The molecular weight excluding hydrogens is 159 g/mol. The molecule has 0 aliphatic carbocycles. The predicted molar refractivity (Wildman–Crippen MR) is 42.1 cm³/mol. The molecule has 0 aromatic carbocycles. The molecule has 0 aliphatic heterocycles. The van der Waals surface area contributed by atoms with Crippen LogP contribution in [0.1, 0.15) is 5.69 Å². The van der Waals surface area contributed by atoms with E-state index < -0.39 is 5.95 Å². The molecule has 0 saturated heterocycles. The van der Waals surface area contributed by atoms with Crippen molar-refractivity contribution in [2.75, 3.05) is 5.73 Å². The summed E-state index contributed by atoms with van der Waals surface area (Å²) in [6, 6.07) is 0. The summed E-state index contributed by atoms with van der Waals surface area (Å²) in [5, 5.41) is 0. The fraction of sp³-hybridized carbons (Fsp3) is 0.143. The Bertz CT molecular complexity index is 434. The number of rotatable bonds is 0. The van der Waals surface area contributed by atoms with E-state index in [4.69, 9.17) is 5.73 Å². The molecule has 0 amide bonds. The molecule has 2 rings (SSSR count). The Morgan fingerprint density at radius 2 is 2.17 bits per heavy atom. The smallest absolute Gasteiger partial charge is 0.258 e. The molecule has 0 spiro atoms. The Morgan fingerprint density at radius 1 is 1.42 bits per heavy atom. The third-order valence-electron chi connectivity index (χ3n) is 1.54. The molecule has 4 nitrogen and oxygen atoms in total. The number of aryl methyl sites for hydroxylation is 1. The van der Waals surface area contributed by atoms with E-state index in [1.54, 1.807) is 13.1 Å². The van der Waals surface area contributed by atoms with Gasteiger partial charge in [-0.25, -0.2) is 4.98 Å². The zero-order chi connectivity index (χ0) is 8.72. The van der Waals surface area contributed by atoms with Crippen molar-refractivity contribution in [1.82, 2.24) is 14.4 Å². The lowest BCUT2D eigenvalue weighted by atomic mass is 10.6. The third-order valence-corrected chi connectivity index (χ3v) is 1.54. The molecule has 0 aliphatic rings. The van der Waals surface area contributed by atoms with Gasteiger partial charge in [-0.2, -0.15) is 9.37 Å². The minimum atomic E-state index is -0.636. The topological polar surface area (TPSA) is 56.2 Å². The van der Waals surface area contributed by atoms with Crippen molar-refractivity contribution < 1.29 is 4.39 Å². The average Bonchev–Trinajstić information content (AvgIpc) is 2.29. The van der Waals surface area contributed by atoms with Gasteiger partial charge in [0.05, 0.1) is 11.9 Å². The van der Waals surface area contributed by atoms with Crippen molar-refractivity contribution in [2.45, 2.75) is 6.92 Å². The highest BCUT2D eigenvalue weighted by atomic mass is 19.1. The largest absolute Gasteiger partial charge is 0.382 e. The second-order valence-electron chi connectivity index (χ2n) is 2.57. The SMILES string of the molecule is Cc1cn2cc(N)nc(F)c2n1. The molecule has 2 heterocycles. The zero-order valence-electron chi connectivity index (χ0n) is 6.45. The Kier molecular flexibility index (Phi) is 1.27. The van der Waals surface area contributed by atoms with Gasteiger partial charge in [0.1, 0.15) is 5.82 Å². The second kappa shape index (κ2) is 2.17. The molecule has 2 aromatic heterocycles. The summed E-state index contributed by atoms with van der Waals surface area (Å²) in [5.41, 5.74) is 6.28. The van der Waals surface area contributed by atoms with Crippen LogP contribution >= 0.6 is 0 Å². The normalized spacial score (nSPS) is 10.8. The Morgan fingerprint density at radius 3 is 2.92 bits per heavy atom. The van der Waals surface area contributed by atoms with Gasteiger partial charge in [0, 0.05) is 6.20 Å². The monoisotopic (exact) mass is 166 g/mol. The number of fused-ring (bicyclic) bond motifs is 1. The van der Waals surface area contributed by atoms with Crippen LogP contribution in [-0.2, 0) is 0 Å². The summed E-state index contributed by atoms with van der Waals surface area (Å²) in [5.74, 6) is -0.486. The van der Waals surface area contributed by atoms with Gasteiger partial charge in [0.15, 0.2) is 5.65 Å². The van der Waals surface area contributed by atoms with Gasteiger partial charge in [-0.15, -0.1) is 0 Å². The highest BCUT2D eigenvalue weighted by molar-refractivity contribution is 5.42. The van der Waals surface area contributed by atoms with E-state index in [1.807, 2.05) is 0 Å². The molecule has 0 radical (unpaired) electrons. The van der Waals surface area contributed by atoms with Crippen LogP contribution in [0.5, 0.6) is 0 Å². The van der Waals surface area contributed by atoms with Crippen LogP contribution in [0.4, 0.5) is 10.2 Å². The van der Waals surface area contributed by atoms with Gasteiger partial charge in [-0.1, -0.05) is 0 Å². The van der Waals surface area contributed by atoms with Crippen LogP contribution < -0.4 is 5.73 Å². The summed E-state index contributed by atoms with van der Waals surface area (Å²) in [6.07, 6.45) is 3.22. The lowest BCUT2D eigenvalue weighted by molar-refractivity contribution is 0.588. The van der Waals surface area contributed by atoms with Crippen molar-refractivity contribution in [1.29, 1.82) is 0 Å². The van der Waals surface area contributed by atoms with Crippen molar-refractivity contribution in [3.63, 3.8) is 0 Å². The highest BCUT2D eigenvalue weighted by Crippen LogP contribution is 2.09. The zero-order valence-corrected chi connectivity index (χ0v) is 6.45. The van der Waals surface area contributed by atoms with E-state index in [-0.39, 0.29) is 11.5 Å². The first-order valence-electron chi connectivity index (χ1n) is 3.44. The number of hydrogen-bond donors (Lipinski definition) is 1. The molecule has 0 unspecified atom stereocenters. The Hall–Kier alpha value is -1.65. The van der Waals surface area contributed by atoms with Crippen LogP contribution in [0.25, 0.3) is 5.65 Å². The first-order chi connectivity index (χ1) is 5.66. The van der Waals surface area contributed by atoms with E-state index >= 15 is 0 Å². The van der Waals surface area contributed by atoms with Crippen LogP contribution in [0.15, 0.2) is 12.4 Å². The molecular formula is C7H7FN4. The lowest BCUT2D eigenvalue weighted by Gasteiger charge is -1.95. The Labute approximate surface area is 67.9 Å². The molecule has 2 aromatic rings. The first-order valence-corrected chi connectivity index (χ1v) is 3.44. The number of halogens is 1. The van der Waals surface area contributed by atoms with Crippen LogP contribution in [0.2, 0.25) is 0 Å². The number of hydrogen-bond acceptors (Lipinski definition) is 3. The maximum Gasteiger partial charge on any atom is 0.258 e. The highest BCUT2D eigenvalue weighted by Gasteiger charge is 2.05.